The number of pyridine rings is 1. The van der Waals surface area contributed by atoms with Gasteiger partial charge in [-0.15, -0.1) is 0 Å². The molecule has 0 fully saturated rings. The summed E-state index contributed by atoms with van der Waals surface area (Å²) in [4.78, 5) is 13.6. The zero-order chi connectivity index (χ0) is 11.6. The number of aryl methyl sites for hydroxylation is 1. The number of anilines is 1. The zero-order valence-corrected chi connectivity index (χ0v) is 8.91. The van der Waals surface area contributed by atoms with Crippen LogP contribution in [-0.2, 0) is 10.0 Å². The van der Waals surface area contributed by atoms with Gasteiger partial charge in [0.05, 0.1) is 11.2 Å². The highest BCUT2D eigenvalue weighted by atomic mass is 32.2. The van der Waals surface area contributed by atoms with Gasteiger partial charge in [0.15, 0.2) is 0 Å². The highest BCUT2D eigenvalue weighted by molar-refractivity contribution is 7.92. The molecule has 0 atom stereocenters. The fourth-order valence-corrected chi connectivity index (χ4v) is 1.53. The number of aromatic nitrogens is 1. The Morgan fingerprint density at radius 2 is 2.13 bits per heavy atom. The van der Waals surface area contributed by atoms with Crippen LogP contribution >= 0.6 is 0 Å². The second-order valence-electron chi connectivity index (χ2n) is 2.96. The van der Waals surface area contributed by atoms with Gasteiger partial charge in [-0.3, -0.25) is 14.8 Å². The molecule has 1 heterocycles. The molecule has 0 spiro atoms. The van der Waals surface area contributed by atoms with E-state index in [4.69, 9.17) is 0 Å². The van der Waals surface area contributed by atoms with Gasteiger partial charge in [0, 0.05) is 11.8 Å². The van der Waals surface area contributed by atoms with Crippen LogP contribution < -0.4 is 4.72 Å². The standard InChI is InChI=1S/C7H9N3O4S/c1-5-3-4-8-7(6(5)10(11)12)9-15(2,13)14/h3-4H,1-2H3,(H,8,9). The first-order chi connectivity index (χ1) is 6.81. The average molecular weight is 231 g/mol. The largest absolute Gasteiger partial charge is 0.315 e. The summed E-state index contributed by atoms with van der Waals surface area (Å²) in [5, 5.41) is 10.7. The number of sulfonamides is 1. The molecule has 15 heavy (non-hydrogen) atoms. The molecule has 0 radical (unpaired) electrons. The molecule has 0 aromatic carbocycles. The first-order valence-electron chi connectivity index (χ1n) is 3.89. The van der Waals surface area contributed by atoms with Crippen LogP contribution in [-0.4, -0.2) is 24.6 Å². The summed E-state index contributed by atoms with van der Waals surface area (Å²) in [6.45, 7) is 1.51. The van der Waals surface area contributed by atoms with Crippen molar-refractivity contribution in [3.63, 3.8) is 0 Å². The lowest BCUT2D eigenvalue weighted by Crippen LogP contribution is -2.12. The van der Waals surface area contributed by atoms with Gasteiger partial charge in [-0.2, -0.15) is 0 Å². The van der Waals surface area contributed by atoms with Crippen LogP contribution in [0.25, 0.3) is 0 Å². The van der Waals surface area contributed by atoms with E-state index in [2.05, 4.69) is 4.98 Å². The predicted octanol–water partition coefficient (Wildman–Crippen LogP) is 0.670. The normalized spacial score (nSPS) is 11.1. The van der Waals surface area contributed by atoms with E-state index in [0.29, 0.717) is 5.56 Å². The van der Waals surface area contributed by atoms with Crippen LogP contribution in [0.15, 0.2) is 12.3 Å². The Morgan fingerprint density at radius 3 is 2.60 bits per heavy atom. The molecule has 8 heteroatoms. The fourth-order valence-electron chi connectivity index (χ4n) is 1.03. The third kappa shape index (κ3) is 2.88. The van der Waals surface area contributed by atoms with Crippen LogP contribution in [0, 0.1) is 17.0 Å². The van der Waals surface area contributed by atoms with Crippen LogP contribution in [0.3, 0.4) is 0 Å². The minimum atomic E-state index is -3.57. The molecular formula is C7H9N3O4S. The lowest BCUT2D eigenvalue weighted by atomic mass is 10.2. The number of nitrogens with zero attached hydrogens (tertiary/aromatic N) is 2. The SMILES string of the molecule is Cc1ccnc(NS(C)(=O)=O)c1[N+](=O)[O-]. The highest BCUT2D eigenvalue weighted by Gasteiger charge is 2.20. The minimum absolute atomic E-state index is 0.262. The predicted molar refractivity (Wildman–Crippen MR) is 54.1 cm³/mol. The van der Waals surface area contributed by atoms with E-state index in [1.165, 1.54) is 19.2 Å². The van der Waals surface area contributed by atoms with Gasteiger partial charge in [-0.05, 0) is 13.0 Å². The maximum atomic E-state index is 10.9. The van der Waals surface area contributed by atoms with Crippen molar-refractivity contribution in [2.24, 2.45) is 0 Å². The Morgan fingerprint density at radius 1 is 1.53 bits per heavy atom. The maximum absolute atomic E-state index is 10.9. The summed E-state index contributed by atoms with van der Waals surface area (Å²) >= 11 is 0. The summed E-state index contributed by atoms with van der Waals surface area (Å²) in [5.41, 5.74) is 0.0177. The molecule has 0 saturated carbocycles. The molecule has 1 aromatic rings. The van der Waals surface area contributed by atoms with Crippen LogP contribution in [0.5, 0.6) is 0 Å². The number of nitro groups is 1. The molecule has 0 amide bonds. The van der Waals surface area contributed by atoms with E-state index >= 15 is 0 Å². The summed E-state index contributed by atoms with van der Waals surface area (Å²) in [6, 6.07) is 1.44. The molecule has 1 rings (SSSR count). The van der Waals surface area contributed by atoms with E-state index in [0.717, 1.165) is 6.26 Å². The molecule has 0 bridgehead atoms. The van der Waals surface area contributed by atoms with Crippen molar-refractivity contribution in [2.45, 2.75) is 6.92 Å². The Hall–Kier alpha value is -1.70. The number of nitrogens with one attached hydrogen (secondary N) is 1. The van der Waals surface area contributed by atoms with Gasteiger partial charge in [-0.25, -0.2) is 13.4 Å². The molecule has 82 valence electrons. The van der Waals surface area contributed by atoms with Crippen molar-refractivity contribution in [1.82, 2.24) is 4.98 Å². The molecule has 0 aliphatic carbocycles. The average Bonchev–Trinajstić information content (AvgIpc) is 1.99. The Kier molecular flexibility index (Phi) is 2.89. The Labute approximate surface area is 86.3 Å². The number of rotatable bonds is 3. The quantitative estimate of drug-likeness (QED) is 0.608. The number of hydrogen-bond acceptors (Lipinski definition) is 5. The van der Waals surface area contributed by atoms with Crippen LogP contribution in [0.2, 0.25) is 0 Å². The van der Waals surface area contributed by atoms with Crippen LogP contribution in [0.4, 0.5) is 11.5 Å². The van der Waals surface area contributed by atoms with Gasteiger partial charge in [0.25, 0.3) is 0 Å². The Bertz CT molecular complexity index is 497. The van der Waals surface area contributed by atoms with Gasteiger partial charge in [-0.1, -0.05) is 0 Å². The van der Waals surface area contributed by atoms with Crippen LogP contribution in [0.1, 0.15) is 5.56 Å². The third-order valence-electron chi connectivity index (χ3n) is 1.59. The molecule has 7 nitrogen and oxygen atoms in total. The smallest absolute Gasteiger partial charge is 0.262 e. The molecule has 0 aliphatic heterocycles. The molecular weight excluding hydrogens is 222 g/mol. The van der Waals surface area contributed by atoms with E-state index in [1.54, 1.807) is 0 Å². The van der Waals surface area contributed by atoms with Crippen molar-refractivity contribution in [1.29, 1.82) is 0 Å². The van der Waals surface area contributed by atoms with E-state index in [-0.39, 0.29) is 11.5 Å². The highest BCUT2D eigenvalue weighted by Crippen LogP contribution is 2.25. The minimum Gasteiger partial charge on any atom is -0.262 e. The third-order valence-corrected chi connectivity index (χ3v) is 2.15. The van der Waals surface area contributed by atoms with Gasteiger partial charge in [0.1, 0.15) is 0 Å². The van der Waals surface area contributed by atoms with Gasteiger partial charge < -0.3 is 0 Å². The molecule has 1 aromatic heterocycles. The van der Waals surface area contributed by atoms with E-state index in [9.17, 15) is 18.5 Å². The first-order valence-corrected chi connectivity index (χ1v) is 5.78. The molecule has 1 N–H and O–H groups in total. The van der Waals surface area contributed by atoms with E-state index < -0.39 is 14.9 Å². The second kappa shape index (κ2) is 3.81. The summed E-state index contributed by atoms with van der Waals surface area (Å²) in [7, 11) is -3.57. The molecule has 0 aliphatic rings. The number of hydrogen-bond donors (Lipinski definition) is 1. The topological polar surface area (TPSA) is 102 Å². The lowest BCUT2D eigenvalue weighted by Gasteiger charge is -2.04. The second-order valence-corrected chi connectivity index (χ2v) is 4.70. The van der Waals surface area contributed by atoms with Crippen molar-refractivity contribution >= 4 is 21.5 Å². The van der Waals surface area contributed by atoms with Crippen molar-refractivity contribution < 1.29 is 13.3 Å². The first kappa shape index (κ1) is 11.4. The lowest BCUT2D eigenvalue weighted by molar-refractivity contribution is -0.384. The molecule has 0 unspecified atom stereocenters. The fraction of sp³-hybridized carbons (Fsp3) is 0.286. The monoisotopic (exact) mass is 231 g/mol. The van der Waals surface area contributed by atoms with Gasteiger partial charge >= 0.3 is 5.69 Å². The van der Waals surface area contributed by atoms with Crippen molar-refractivity contribution in [3.8, 4) is 0 Å². The van der Waals surface area contributed by atoms with Crippen molar-refractivity contribution in [2.75, 3.05) is 11.0 Å². The summed E-state index contributed by atoms with van der Waals surface area (Å²) < 4.78 is 23.8. The molecule has 0 saturated heterocycles. The van der Waals surface area contributed by atoms with E-state index in [1.807, 2.05) is 4.72 Å². The maximum Gasteiger partial charge on any atom is 0.315 e. The zero-order valence-electron chi connectivity index (χ0n) is 8.09. The summed E-state index contributed by atoms with van der Waals surface area (Å²) in [5.74, 6) is -0.262. The Balaban J connectivity index is 3.30. The van der Waals surface area contributed by atoms with Gasteiger partial charge in [0.2, 0.25) is 15.8 Å². The van der Waals surface area contributed by atoms with Crippen molar-refractivity contribution in [3.05, 3.63) is 27.9 Å². The summed E-state index contributed by atoms with van der Waals surface area (Å²) in [6.07, 6.45) is 2.20.